The Labute approximate surface area is 147 Å². The Hall–Kier alpha value is -2.01. The molecule has 0 saturated heterocycles. The normalized spacial score (nSPS) is 11.2. The van der Waals surface area contributed by atoms with Crippen LogP contribution in [0.1, 0.15) is 15.9 Å². The molecule has 4 nitrogen and oxygen atoms in total. The van der Waals surface area contributed by atoms with Crippen LogP contribution in [0.4, 0.5) is 5.69 Å². The van der Waals surface area contributed by atoms with E-state index in [1.54, 1.807) is 30.3 Å². The first-order chi connectivity index (χ1) is 10.9. The van der Waals surface area contributed by atoms with Crippen LogP contribution >= 0.6 is 34.8 Å². The summed E-state index contributed by atoms with van der Waals surface area (Å²) in [7, 11) is 0. The Bertz CT molecular complexity index is 803. The van der Waals surface area contributed by atoms with E-state index in [2.05, 4.69) is 5.32 Å². The third-order valence-electron chi connectivity index (χ3n) is 2.86. The third-order valence-corrected chi connectivity index (χ3v) is 3.88. The molecule has 0 aliphatic heterocycles. The molecular weight excluding hydrogens is 361 g/mol. The molecule has 2 aromatic rings. The first kappa shape index (κ1) is 17.3. The van der Waals surface area contributed by atoms with Crippen LogP contribution < -0.4 is 5.32 Å². The zero-order chi connectivity index (χ0) is 17.0. The smallest absolute Gasteiger partial charge is 0.337 e. The number of nitrogens with one attached hydrogen (secondary N) is 1. The third kappa shape index (κ3) is 4.48. The maximum Gasteiger partial charge on any atom is 0.337 e. The van der Waals surface area contributed by atoms with Gasteiger partial charge in [0.1, 0.15) is 5.03 Å². The van der Waals surface area contributed by atoms with Crippen LogP contribution in [-0.4, -0.2) is 17.0 Å². The first-order valence-electron chi connectivity index (χ1n) is 6.34. The standard InChI is InChI=1S/C16H10Cl3NO3/c17-11-6-5-9(7-12(11)18)8-13(19)15(21)20-14-4-2-1-3-10(14)16(22)23/h1-8H,(H,20,21)(H,22,23). The number of carbonyl (C=O) groups excluding carboxylic acids is 1. The van der Waals surface area contributed by atoms with Crippen molar-refractivity contribution in [1.82, 2.24) is 0 Å². The molecule has 0 aromatic heterocycles. The van der Waals surface area contributed by atoms with E-state index in [1.807, 2.05) is 0 Å². The van der Waals surface area contributed by atoms with Crippen molar-refractivity contribution in [3.05, 3.63) is 68.7 Å². The monoisotopic (exact) mass is 369 g/mol. The summed E-state index contributed by atoms with van der Waals surface area (Å²) in [5.41, 5.74) is 0.719. The van der Waals surface area contributed by atoms with Crippen LogP contribution in [0, 0.1) is 0 Å². The molecule has 23 heavy (non-hydrogen) atoms. The van der Waals surface area contributed by atoms with Crippen molar-refractivity contribution in [3.8, 4) is 0 Å². The molecular formula is C16H10Cl3NO3. The molecule has 1 amide bonds. The van der Waals surface area contributed by atoms with Gasteiger partial charge in [0.2, 0.25) is 0 Å². The number of carboxylic acids is 1. The molecule has 0 aliphatic carbocycles. The van der Waals surface area contributed by atoms with Crippen LogP contribution in [0.2, 0.25) is 10.0 Å². The van der Waals surface area contributed by atoms with Gasteiger partial charge in [-0.15, -0.1) is 0 Å². The second kappa shape index (κ2) is 7.51. The van der Waals surface area contributed by atoms with E-state index in [0.29, 0.717) is 15.6 Å². The molecule has 2 aromatic carbocycles. The van der Waals surface area contributed by atoms with Gasteiger partial charge in [0.15, 0.2) is 0 Å². The molecule has 7 heteroatoms. The van der Waals surface area contributed by atoms with Gasteiger partial charge in [-0.1, -0.05) is 53.0 Å². The highest BCUT2D eigenvalue weighted by Crippen LogP contribution is 2.24. The molecule has 0 saturated carbocycles. The highest BCUT2D eigenvalue weighted by molar-refractivity contribution is 6.46. The van der Waals surface area contributed by atoms with Crippen LogP contribution in [0.3, 0.4) is 0 Å². The number of benzene rings is 2. The van der Waals surface area contributed by atoms with Gasteiger partial charge >= 0.3 is 5.97 Å². The van der Waals surface area contributed by atoms with Gasteiger partial charge in [-0.3, -0.25) is 4.79 Å². The fourth-order valence-corrected chi connectivity index (χ4v) is 2.25. The van der Waals surface area contributed by atoms with Crippen molar-refractivity contribution in [2.24, 2.45) is 0 Å². The van der Waals surface area contributed by atoms with Gasteiger partial charge in [0.25, 0.3) is 5.91 Å². The Morgan fingerprint density at radius 1 is 1.04 bits per heavy atom. The molecule has 0 fully saturated rings. The van der Waals surface area contributed by atoms with Crippen molar-refractivity contribution in [2.45, 2.75) is 0 Å². The highest BCUT2D eigenvalue weighted by atomic mass is 35.5. The quantitative estimate of drug-likeness (QED) is 0.751. The SMILES string of the molecule is O=C(Nc1ccccc1C(=O)O)C(Cl)=Cc1ccc(Cl)c(Cl)c1. The minimum Gasteiger partial charge on any atom is -0.478 e. The molecule has 0 radical (unpaired) electrons. The number of para-hydroxylation sites is 1. The van der Waals surface area contributed by atoms with Crippen molar-refractivity contribution in [3.63, 3.8) is 0 Å². The largest absolute Gasteiger partial charge is 0.478 e. The van der Waals surface area contributed by atoms with Crippen LogP contribution in [0.15, 0.2) is 47.5 Å². The molecule has 118 valence electrons. The Morgan fingerprint density at radius 3 is 2.39 bits per heavy atom. The van der Waals surface area contributed by atoms with Gasteiger partial charge in [-0.25, -0.2) is 4.79 Å². The molecule has 0 bridgehead atoms. The number of aromatic carboxylic acids is 1. The zero-order valence-corrected chi connectivity index (χ0v) is 13.8. The molecule has 0 aliphatic rings. The van der Waals surface area contributed by atoms with E-state index < -0.39 is 11.9 Å². The Morgan fingerprint density at radius 2 is 1.74 bits per heavy atom. The minimum atomic E-state index is -1.15. The van der Waals surface area contributed by atoms with E-state index in [0.717, 1.165) is 0 Å². The van der Waals surface area contributed by atoms with E-state index in [-0.39, 0.29) is 16.3 Å². The van der Waals surface area contributed by atoms with Crippen molar-refractivity contribution >= 4 is 58.4 Å². The predicted octanol–water partition coefficient (Wildman–Crippen LogP) is 4.91. The van der Waals surface area contributed by atoms with Crippen LogP contribution in [0.25, 0.3) is 6.08 Å². The molecule has 0 atom stereocenters. The second-order valence-corrected chi connectivity index (χ2v) is 5.69. The summed E-state index contributed by atoms with van der Waals surface area (Å²) >= 11 is 17.7. The predicted molar refractivity (Wildman–Crippen MR) is 92.3 cm³/mol. The van der Waals surface area contributed by atoms with Gasteiger partial charge in [0.05, 0.1) is 21.3 Å². The van der Waals surface area contributed by atoms with Gasteiger partial charge < -0.3 is 10.4 Å². The Balaban J connectivity index is 2.22. The zero-order valence-electron chi connectivity index (χ0n) is 11.5. The lowest BCUT2D eigenvalue weighted by Crippen LogP contribution is -2.14. The number of anilines is 1. The fourth-order valence-electron chi connectivity index (χ4n) is 1.77. The summed E-state index contributed by atoms with van der Waals surface area (Å²) in [6.07, 6.45) is 1.41. The number of rotatable bonds is 4. The molecule has 0 unspecified atom stereocenters. The molecule has 0 heterocycles. The highest BCUT2D eigenvalue weighted by Gasteiger charge is 2.13. The summed E-state index contributed by atoms with van der Waals surface area (Å²) < 4.78 is 0. The summed E-state index contributed by atoms with van der Waals surface area (Å²) in [5.74, 6) is -1.78. The van der Waals surface area contributed by atoms with Crippen molar-refractivity contribution in [2.75, 3.05) is 5.32 Å². The summed E-state index contributed by atoms with van der Waals surface area (Å²) in [6, 6.07) is 10.8. The van der Waals surface area contributed by atoms with Crippen LogP contribution in [0.5, 0.6) is 0 Å². The van der Waals surface area contributed by atoms with Gasteiger partial charge in [-0.2, -0.15) is 0 Å². The summed E-state index contributed by atoms with van der Waals surface area (Å²) in [4.78, 5) is 23.2. The fraction of sp³-hybridized carbons (Fsp3) is 0. The minimum absolute atomic E-state index is 0.0279. The lowest BCUT2D eigenvalue weighted by molar-refractivity contribution is -0.112. The first-order valence-corrected chi connectivity index (χ1v) is 7.48. The summed E-state index contributed by atoms with van der Waals surface area (Å²) in [6.45, 7) is 0. The van der Waals surface area contributed by atoms with E-state index in [4.69, 9.17) is 39.9 Å². The summed E-state index contributed by atoms with van der Waals surface area (Å²) in [5, 5.41) is 12.1. The Kier molecular flexibility index (Phi) is 5.66. The molecule has 0 spiro atoms. The number of hydrogen-bond donors (Lipinski definition) is 2. The maximum atomic E-state index is 12.1. The molecule has 2 rings (SSSR count). The number of carboxylic acid groups (broad SMARTS) is 1. The van der Waals surface area contributed by atoms with E-state index >= 15 is 0 Å². The lowest BCUT2D eigenvalue weighted by Gasteiger charge is -2.07. The van der Waals surface area contributed by atoms with Gasteiger partial charge in [0, 0.05) is 0 Å². The average molecular weight is 371 g/mol. The topological polar surface area (TPSA) is 66.4 Å². The van der Waals surface area contributed by atoms with E-state index in [9.17, 15) is 9.59 Å². The van der Waals surface area contributed by atoms with Crippen molar-refractivity contribution < 1.29 is 14.7 Å². The van der Waals surface area contributed by atoms with Crippen molar-refractivity contribution in [1.29, 1.82) is 0 Å². The van der Waals surface area contributed by atoms with Crippen LogP contribution in [-0.2, 0) is 4.79 Å². The maximum absolute atomic E-state index is 12.1. The second-order valence-electron chi connectivity index (χ2n) is 4.47. The number of halogens is 3. The van der Waals surface area contributed by atoms with Gasteiger partial charge in [-0.05, 0) is 35.9 Å². The number of hydrogen-bond acceptors (Lipinski definition) is 2. The number of carbonyl (C=O) groups is 2. The number of amides is 1. The van der Waals surface area contributed by atoms with E-state index in [1.165, 1.54) is 18.2 Å². The lowest BCUT2D eigenvalue weighted by atomic mass is 10.1. The average Bonchev–Trinajstić information content (AvgIpc) is 2.51. The molecule has 2 N–H and O–H groups in total.